The molecule has 2 heterocycles. The molecule has 0 spiro atoms. The molecule has 1 aliphatic rings. The Morgan fingerprint density at radius 1 is 1.06 bits per heavy atom. The largest absolute Gasteiger partial charge is 0.497 e. The van der Waals surface area contributed by atoms with Crippen molar-refractivity contribution in [2.75, 3.05) is 33.3 Å². The number of benzene rings is 2. The maximum Gasteiger partial charge on any atom is 0.251 e. The van der Waals surface area contributed by atoms with Gasteiger partial charge in [0.05, 0.1) is 7.11 Å². The van der Waals surface area contributed by atoms with E-state index in [2.05, 4.69) is 62.2 Å². The number of carbonyl (C=O) groups is 1. The van der Waals surface area contributed by atoms with Gasteiger partial charge >= 0.3 is 0 Å². The molecule has 172 valence electrons. The zero-order valence-corrected chi connectivity index (χ0v) is 19.3. The van der Waals surface area contributed by atoms with Gasteiger partial charge in [-0.2, -0.15) is 0 Å². The minimum absolute atomic E-state index is 0.0971. The Hall–Kier alpha value is -3.45. The van der Waals surface area contributed by atoms with Crippen LogP contribution in [0.3, 0.4) is 0 Å². The van der Waals surface area contributed by atoms with E-state index < -0.39 is 0 Å². The molecule has 0 unspecified atom stereocenters. The molecule has 4 rings (SSSR count). The molecule has 3 aromatic rings. The number of fused-ring (bicyclic) bond motifs is 1. The van der Waals surface area contributed by atoms with Crippen LogP contribution in [0.4, 0.5) is 0 Å². The van der Waals surface area contributed by atoms with Crippen LogP contribution in [-0.2, 0) is 19.4 Å². The van der Waals surface area contributed by atoms with E-state index in [1.807, 2.05) is 6.07 Å². The number of amides is 1. The monoisotopic (exact) mass is 445 g/mol. The standard InChI is InChI=1S/C26H31N5O2/c1-20(18-21-6-4-3-5-7-21)19-30-15-13-25-29-28-24(31(25)17-16-30)12-14-27-26(32)22-8-10-23(33-2)11-9-22/h3-11,18H,12-17,19H2,1-2H3,(H,27,32). The summed E-state index contributed by atoms with van der Waals surface area (Å²) in [7, 11) is 1.61. The van der Waals surface area contributed by atoms with Gasteiger partial charge in [-0.15, -0.1) is 10.2 Å². The molecular weight excluding hydrogens is 414 g/mol. The van der Waals surface area contributed by atoms with Crippen molar-refractivity contribution < 1.29 is 9.53 Å². The summed E-state index contributed by atoms with van der Waals surface area (Å²) >= 11 is 0. The van der Waals surface area contributed by atoms with Gasteiger partial charge in [0.25, 0.3) is 5.91 Å². The molecule has 0 aliphatic carbocycles. The van der Waals surface area contributed by atoms with Gasteiger partial charge in [0.15, 0.2) is 0 Å². The van der Waals surface area contributed by atoms with E-state index in [9.17, 15) is 4.79 Å². The lowest BCUT2D eigenvalue weighted by Crippen LogP contribution is -2.29. The number of methoxy groups -OCH3 is 1. The third-order valence-corrected chi connectivity index (χ3v) is 5.87. The van der Waals surface area contributed by atoms with Gasteiger partial charge in [0, 0.05) is 51.1 Å². The molecule has 0 bridgehead atoms. The molecule has 1 N–H and O–H groups in total. The van der Waals surface area contributed by atoms with Crippen molar-refractivity contribution in [1.29, 1.82) is 0 Å². The van der Waals surface area contributed by atoms with Crippen LogP contribution in [0.5, 0.6) is 5.75 Å². The summed E-state index contributed by atoms with van der Waals surface area (Å²) in [5.74, 6) is 2.59. The zero-order chi connectivity index (χ0) is 23.0. The van der Waals surface area contributed by atoms with Crippen molar-refractivity contribution in [2.45, 2.75) is 26.3 Å². The molecule has 7 heteroatoms. The van der Waals surface area contributed by atoms with Crippen LogP contribution in [0.25, 0.3) is 6.08 Å². The Bertz CT molecular complexity index is 1090. The molecule has 1 amide bonds. The number of rotatable bonds is 8. The van der Waals surface area contributed by atoms with Gasteiger partial charge in [-0.1, -0.05) is 42.0 Å². The molecular formula is C26H31N5O2. The van der Waals surface area contributed by atoms with Crippen molar-refractivity contribution >= 4 is 12.0 Å². The van der Waals surface area contributed by atoms with E-state index in [4.69, 9.17) is 4.74 Å². The summed E-state index contributed by atoms with van der Waals surface area (Å²) in [5, 5.41) is 11.8. The fraction of sp³-hybridized carbons (Fsp3) is 0.346. The van der Waals surface area contributed by atoms with Gasteiger partial charge in [0.2, 0.25) is 0 Å². The van der Waals surface area contributed by atoms with E-state index in [1.54, 1.807) is 31.4 Å². The van der Waals surface area contributed by atoms with Crippen LogP contribution in [0.2, 0.25) is 0 Å². The fourth-order valence-electron chi connectivity index (χ4n) is 4.13. The average molecular weight is 446 g/mol. The quantitative estimate of drug-likeness (QED) is 0.576. The lowest BCUT2D eigenvalue weighted by molar-refractivity contribution is 0.0954. The van der Waals surface area contributed by atoms with Crippen LogP contribution in [-0.4, -0.2) is 58.9 Å². The number of nitrogens with zero attached hydrogens (tertiary/aromatic N) is 4. The number of nitrogens with one attached hydrogen (secondary N) is 1. The number of hydrogen-bond donors (Lipinski definition) is 1. The first-order chi connectivity index (χ1) is 16.1. The highest BCUT2D eigenvalue weighted by molar-refractivity contribution is 5.94. The minimum atomic E-state index is -0.0971. The fourth-order valence-corrected chi connectivity index (χ4v) is 4.13. The van der Waals surface area contributed by atoms with Crippen LogP contribution < -0.4 is 10.1 Å². The number of carbonyl (C=O) groups excluding carboxylic acids is 1. The third-order valence-electron chi connectivity index (χ3n) is 5.87. The summed E-state index contributed by atoms with van der Waals surface area (Å²) in [4.78, 5) is 14.9. The summed E-state index contributed by atoms with van der Waals surface area (Å²) in [6.07, 6.45) is 3.79. The van der Waals surface area contributed by atoms with Crippen molar-refractivity contribution in [3.63, 3.8) is 0 Å². The predicted molar refractivity (Wildman–Crippen MR) is 129 cm³/mol. The molecule has 0 atom stereocenters. The van der Waals surface area contributed by atoms with Gasteiger partial charge in [-0.05, 0) is 36.8 Å². The SMILES string of the molecule is COc1ccc(C(=O)NCCc2nnc3n2CCN(CC(C)=Cc2ccccc2)CC3)cc1. The van der Waals surface area contributed by atoms with Crippen LogP contribution in [0.15, 0.2) is 60.2 Å². The Kier molecular flexibility index (Phi) is 7.52. The van der Waals surface area contributed by atoms with E-state index in [0.717, 1.165) is 50.0 Å². The lowest BCUT2D eigenvalue weighted by atomic mass is 10.1. The van der Waals surface area contributed by atoms with E-state index in [-0.39, 0.29) is 5.91 Å². The summed E-state index contributed by atoms with van der Waals surface area (Å²) < 4.78 is 7.36. The number of aromatic nitrogens is 3. The predicted octanol–water partition coefficient (Wildman–Crippen LogP) is 3.22. The van der Waals surface area contributed by atoms with Crippen LogP contribution >= 0.6 is 0 Å². The maximum atomic E-state index is 12.4. The van der Waals surface area contributed by atoms with Gasteiger partial charge in [-0.25, -0.2) is 0 Å². The second-order valence-corrected chi connectivity index (χ2v) is 8.35. The van der Waals surface area contributed by atoms with Gasteiger partial charge in [0.1, 0.15) is 17.4 Å². The first kappa shape index (κ1) is 22.7. The van der Waals surface area contributed by atoms with Crippen LogP contribution in [0.1, 0.15) is 34.5 Å². The highest BCUT2D eigenvalue weighted by Gasteiger charge is 2.19. The molecule has 0 saturated heterocycles. The summed E-state index contributed by atoms with van der Waals surface area (Å²) in [5.41, 5.74) is 3.20. The smallest absolute Gasteiger partial charge is 0.251 e. The molecule has 0 fully saturated rings. The van der Waals surface area contributed by atoms with E-state index in [1.165, 1.54) is 11.1 Å². The highest BCUT2D eigenvalue weighted by Crippen LogP contribution is 2.14. The lowest BCUT2D eigenvalue weighted by Gasteiger charge is -2.20. The maximum absolute atomic E-state index is 12.4. The molecule has 2 aromatic carbocycles. The first-order valence-electron chi connectivity index (χ1n) is 11.4. The van der Waals surface area contributed by atoms with Gasteiger partial charge in [-0.3, -0.25) is 9.69 Å². The first-order valence-corrected chi connectivity index (χ1v) is 11.4. The Balaban J connectivity index is 1.29. The van der Waals surface area contributed by atoms with Crippen molar-refractivity contribution in [2.24, 2.45) is 0 Å². The molecule has 33 heavy (non-hydrogen) atoms. The Morgan fingerprint density at radius 3 is 2.61 bits per heavy atom. The van der Waals surface area contributed by atoms with Crippen molar-refractivity contribution in [3.05, 3.63) is 82.9 Å². The molecule has 1 aromatic heterocycles. The zero-order valence-electron chi connectivity index (χ0n) is 19.3. The summed E-state index contributed by atoms with van der Waals surface area (Å²) in [6.45, 7) is 6.44. The molecule has 7 nitrogen and oxygen atoms in total. The Morgan fingerprint density at radius 2 is 1.85 bits per heavy atom. The van der Waals surface area contributed by atoms with Gasteiger partial charge < -0.3 is 14.6 Å². The number of ether oxygens (including phenoxy) is 1. The second-order valence-electron chi connectivity index (χ2n) is 8.35. The van der Waals surface area contributed by atoms with E-state index >= 15 is 0 Å². The van der Waals surface area contributed by atoms with E-state index in [0.29, 0.717) is 18.5 Å². The number of hydrogen-bond acceptors (Lipinski definition) is 5. The third kappa shape index (κ3) is 6.08. The summed E-state index contributed by atoms with van der Waals surface area (Å²) in [6, 6.07) is 17.5. The molecule has 0 radical (unpaired) electrons. The molecule has 1 aliphatic heterocycles. The van der Waals surface area contributed by atoms with Crippen LogP contribution in [0, 0.1) is 0 Å². The minimum Gasteiger partial charge on any atom is -0.497 e. The average Bonchev–Trinajstić information content (AvgIpc) is 3.11. The molecule has 0 saturated carbocycles. The normalized spacial score (nSPS) is 14.4. The highest BCUT2D eigenvalue weighted by atomic mass is 16.5. The second kappa shape index (κ2) is 10.9. The Labute approximate surface area is 195 Å². The van der Waals surface area contributed by atoms with Crippen molar-refractivity contribution in [3.8, 4) is 5.75 Å². The topological polar surface area (TPSA) is 72.3 Å². The van der Waals surface area contributed by atoms with Crippen molar-refractivity contribution in [1.82, 2.24) is 25.0 Å².